The largest absolute Gasteiger partial charge is 0.497 e. The first-order valence-corrected chi connectivity index (χ1v) is 6.72. The van der Waals surface area contributed by atoms with Crippen molar-refractivity contribution in [2.45, 2.75) is 0 Å². The fourth-order valence-electron chi connectivity index (χ4n) is 2.08. The van der Waals surface area contributed by atoms with E-state index in [0.29, 0.717) is 18.8 Å². The van der Waals surface area contributed by atoms with Crippen LogP contribution in [0.2, 0.25) is 0 Å². The molecule has 7 heteroatoms. The molecule has 1 aliphatic heterocycles. The molecule has 1 heterocycles. The van der Waals surface area contributed by atoms with Crippen LogP contribution in [0, 0.1) is 5.82 Å². The molecule has 2 N–H and O–H groups in total. The summed E-state index contributed by atoms with van der Waals surface area (Å²) in [4.78, 5) is 25.4. The Morgan fingerprint density at radius 2 is 2.10 bits per heavy atom. The van der Waals surface area contributed by atoms with Gasteiger partial charge in [0.25, 0.3) is 5.91 Å². The molecule has 1 saturated heterocycles. The Morgan fingerprint density at radius 1 is 1.38 bits per heavy atom. The van der Waals surface area contributed by atoms with Crippen LogP contribution in [0.25, 0.3) is 0 Å². The van der Waals surface area contributed by atoms with Crippen LogP contribution in [0.1, 0.15) is 10.4 Å². The number of carbonyl (C=O) groups excluding carboxylic acids is 2. The Hall–Kier alpha value is -2.15. The van der Waals surface area contributed by atoms with Crippen molar-refractivity contribution in [3.8, 4) is 5.75 Å². The quantitative estimate of drug-likeness (QED) is 0.820. The summed E-state index contributed by atoms with van der Waals surface area (Å²) < 4.78 is 18.6. The van der Waals surface area contributed by atoms with Gasteiger partial charge in [-0.3, -0.25) is 9.59 Å². The maximum Gasteiger partial charge on any atom is 0.254 e. The molecular formula is C14H18FN3O3. The van der Waals surface area contributed by atoms with Gasteiger partial charge >= 0.3 is 0 Å². The molecular weight excluding hydrogens is 277 g/mol. The fraction of sp³-hybridized carbons (Fsp3) is 0.429. The molecule has 0 aliphatic carbocycles. The minimum atomic E-state index is -0.679. The van der Waals surface area contributed by atoms with Gasteiger partial charge in [0.1, 0.15) is 11.6 Å². The number of methoxy groups -OCH3 is 1. The molecule has 0 bridgehead atoms. The monoisotopic (exact) mass is 295 g/mol. The lowest BCUT2D eigenvalue weighted by Crippen LogP contribution is -2.49. The second kappa shape index (κ2) is 7.03. The van der Waals surface area contributed by atoms with Crippen LogP contribution >= 0.6 is 0 Å². The zero-order chi connectivity index (χ0) is 15.2. The van der Waals surface area contributed by atoms with E-state index < -0.39 is 11.7 Å². The van der Waals surface area contributed by atoms with E-state index in [2.05, 4.69) is 10.6 Å². The molecule has 0 radical (unpaired) electrons. The zero-order valence-corrected chi connectivity index (χ0v) is 11.8. The van der Waals surface area contributed by atoms with Crippen molar-refractivity contribution in [3.05, 3.63) is 29.6 Å². The molecule has 114 valence electrons. The molecule has 0 unspecified atom stereocenters. The van der Waals surface area contributed by atoms with Gasteiger partial charge in [-0.05, 0) is 12.1 Å². The van der Waals surface area contributed by atoms with Crippen LogP contribution in [0.4, 0.5) is 4.39 Å². The summed E-state index contributed by atoms with van der Waals surface area (Å²) in [6, 6.07) is 3.96. The number of rotatable bonds is 4. The lowest BCUT2D eigenvalue weighted by molar-refractivity contribution is -0.130. The molecule has 1 aromatic rings. The van der Waals surface area contributed by atoms with Crippen molar-refractivity contribution < 1.29 is 18.7 Å². The third kappa shape index (κ3) is 3.91. The molecule has 0 atom stereocenters. The van der Waals surface area contributed by atoms with E-state index in [1.807, 2.05) is 0 Å². The van der Waals surface area contributed by atoms with E-state index >= 15 is 0 Å². The highest BCUT2D eigenvalue weighted by Gasteiger charge is 2.18. The third-order valence-corrected chi connectivity index (χ3v) is 3.29. The molecule has 21 heavy (non-hydrogen) atoms. The Kier molecular flexibility index (Phi) is 5.10. The van der Waals surface area contributed by atoms with E-state index in [4.69, 9.17) is 4.74 Å². The maximum atomic E-state index is 13.7. The SMILES string of the molecule is COc1ccc(C(=O)NCC(=O)N2CCNCC2)c(F)c1. The van der Waals surface area contributed by atoms with Gasteiger partial charge in [-0.2, -0.15) is 0 Å². The van der Waals surface area contributed by atoms with Gasteiger partial charge in [-0.15, -0.1) is 0 Å². The average molecular weight is 295 g/mol. The molecule has 0 aromatic heterocycles. The Bertz CT molecular complexity index is 530. The first-order chi connectivity index (χ1) is 10.1. The van der Waals surface area contributed by atoms with Crippen LogP contribution < -0.4 is 15.4 Å². The van der Waals surface area contributed by atoms with Crippen molar-refractivity contribution in [1.29, 1.82) is 0 Å². The molecule has 2 amide bonds. The molecule has 0 spiro atoms. The number of benzene rings is 1. The van der Waals surface area contributed by atoms with E-state index in [-0.39, 0.29) is 18.0 Å². The summed E-state index contributed by atoms with van der Waals surface area (Å²) in [6.07, 6.45) is 0. The first-order valence-electron chi connectivity index (χ1n) is 6.72. The highest BCUT2D eigenvalue weighted by atomic mass is 19.1. The van der Waals surface area contributed by atoms with E-state index in [9.17, 15) is 14.0 Å². The van der Waals surface area contributed by atoms with Crippen molar-refractivity contribution in [2.24, 2.45) is 0 Å². The predicted molar refractivity (Wildman–Crippen MR) is 74.7 cm³/mol. The standard InChI is InChI=1S/C14H18FN3O3/c1-21-10-2-3-11(12(15)8-10)14(20)17-9-13(19)18-6-4-16-5-7-18/h2-3,8,16H,4-7,9H2,1H3,(H,17,20). The van der Waals surface area contributed by atoms with E-state index in [1.54, 1.807) is 4.90 Å². The molecule has 0 saturated carbocycles. The van der Waals surface area contributed by atoms with Gasteiger partial charge in [-0.25, -0.2) is 4.39 Å². The highest BCUT2D eigenvalue weighted by Crippen LogP contribution is 2.15. The molecule has 6 nitrogen and oxygen atoms in total. The number of nitrogens with one attached hydrogen (secondary N) is 2. The molecule has 1 aliphatic rings. The van der Waals surface area contributed by atoms with Gasteiger partial charge in [0.2, 0.25) is 5.91 Å². The number of piperazine rings is 1. The van der Waals surface area contributed by atoms with Gasteiger partial charge in [0.15, 0.2) is 0 Å². The van der Waals surface area contributed by atoms with E-state index in [0.717, 1.165) is 19.2 Å². The zero-order valence-electron chi connectivity index (χ0n) is 11.8. The number of ether oxygens (including phenoxy) is 1. The fourth-order valence-corrected chi connectivity index (χ4v) is 2.08. The number of hydrogen-bond acceptors (Lipinski definition) is 4. The second-order valence-corrected chi connectivity index (χ2v) is 4.66. The first kappa shape index (κ1) is 15.2. The van der Waals surface area contributed by atoms with Crippen LogP contribution in [-0.2, 0) is 4.79 Å². The topological polar surface area (TPSA) is 70.7 Å². The lowest BCUT2D eigenvalue weighted by atomic mass is 10.2. The highest BCUT2D eigenvalue weighted by molar-refractivity contribution is 5.96. The van der Waals surface area contributed by atoms with Crippen LogP contribution in [-0.4, -0.2) is 56.5 Å². The summed E-state index contributed by atoms with van der Waals surface area (Å²) in [7, 11) is 1.42. The Morgan fingerprint density at radius 3 is 2.71 bits per heavy atom. The third-order valence-electron chi connectivity index (χ3n) is 3.29. The maximum absolute atomic E-state index is 13.7. The minimum Gasteiger partial charge on any atom is -0.497 e. The van der Waals surface area contributed by atoms with Crippen LogP contribution in [0.5, 0.6) is 5.75 Å². The Balaban J connectivity index is 1.90. The van der Waals surface area contributed by atoms with Crippen LogP contribution in [0.3, 0.4) is 0 Å². The number of amides is 2. The number of carbonyl (C=O) groups is 2. The average Bonchev–Trinajstić information content (AvgIpc) is 2.52. The summed E-state index contributed by atoms with van der Waals surface area (Å²) in [5, 5.41) is 5.58. The van der Waals surface area contributed by atoms with Gasteiger partial charge in [-0.1, -0.05) is 0 Å². The number of nitrogens with zero attached hydrogens (tertiary/aromatic N) is 1. The molecule has 1 aromatic carbocycles. The van der Waals surface area contributed by atoms with Crippen molar-refractivity contribution in [3.63, 3.8) is 0 Å². The number of hydrogen-bond donors (Lipinski definition) is 2. The Labute approximate surface area is 122 Å². The summed E-state index contributed by atoms with van der Waals surface area (Å²) in [6.45, 7) is 2.58. The van der Waals surface area contributed by atoms with Gasteiger partial charge in [0, 0.05) is 32.2 Å². The molecule has 2 rings (SSSR count). The van der Waals surface area contributed by atoms with Crippen molar-refractivity contribution in [1.82, 2.24) is 15.5 Å². The van der Waals surface area contributed by atoms with Crippen molar-refractivity contribution in [2.75, 3.05) is 39.8 Å². The van der Waals surface area contributed by atoms with Crippen LogP contribution in [0.15, 0.2) is 18.2 Å². The summed E-state index contributed by atoms with van der Waals surface area (Å²) in [5.41, 5.74) is -0.107. The van der Waals surface area contributed by atoms with E-state index in [1.165, 1.54) is 19.2 Å². The second-order valence-electron chi connectivity index (χ2n) is 4.66. The normalized spacial score (nSPS) is 14.7. The summed E-state index contributed by atoms with van der Waals surface area (Å²) in [5.74, 6) is -1.13. The van der Waals surface area contributed by atoms with Gasteiger partial charge < -0.3 is 20.3 Å². The predicted octanol–water partition coefficient (Wildman–Crippen LogP) is -0.00410. The molecule has 1 fully saturated rings. The number of halogens is 1. The summed E-state index contributed by atoms with van der Waals surface area (Å²) >= 11 is 0. The lowest BCUT2D eigenvalue weighted by Gasteiger charge is -2.27. The smallest absolute Gasteiger partial charge is 0.254 e. The van der Waals surface area contributed by atoms with Crippen molar-refractivity contribution >= 4 is 11.8 Å². The van der Waals surface area contributed by atoms with Gasteiger partial charge in [0.05, 0.1) is 19.2 Å². The minimum absolute atomic E-state index is 0.107.